The van der Waals surface area contributed by atoms with E-state index >= 15 is 0 Å². The van der Waals surface area contributed by atoms with E-state index < -0.39 is 0 Å². The van der Waals surface area contributed by atoms with Gasteiger partial charge < -0.3 is 5.32 Å². The van der Waals surface area contributed by atoms with E-state index in [1.54, 1.807) is 0 Å². The Morgan fingerprint density at radius 1 is 1.43 bits per heavy atom. The molecule has 1 N–H and O–H groups in total. The van der Waals surface area contributed by atoms with Gasteiger partial charge in [0.15, 0.2) is 0 Å². The molecule has 0 bridgehead atoms. The van der Waals surface area contributed by atoms with Gasteiger partial charge in [-0.1, -0.05) is 31.5 Å². The first-order valence-corrected chi connectivity index (χ1v) is 9.23. The lowest BCUT2D eigenvalue weighted by Gasteiger charge is -2.21. The standard InChI is InChI=1S/C15H18BrClIN3/c1-3-7-21-15(11(16)9-20-21)14(19-4-2)10-5-6-13(18)12(17)8-10/h5-6,8-9,14,19H,3-4,7H2,1-2H3. The monoisotopic (exact) mass is 481 g/mol. The van der Waals surface area contributed by atoms with Crippen LogP contribution in [0.1, 0.15) is 37.6 Å². The second kappa shape index (κ2) is 7.94. The highest BCUT2D eigenvalue weighted by molar-refractivity contribution is 14.1. The molecule has 0 amide bonds. The fourth-order valence-electron chi connectivity index (χ4n) is 2.32. The molecule has 6 heteroatoms. The van der Waals surface area contributed by atoms with Crippen molar-refractivity contribution in [3.8, 4) is 0 Å². The normalized spacial score (nSPS) is 12.6. The molecule has 0 radical (unpaired) electrons. The predicted molar refractivity (Wildman–Crippen MR) is 99.9 cm³/mol. The van der Waals surface area contributed by atoms with Crippen LogP contribution in [0.15, 0.2) is 28.9 Å². The van der Waals surface area contributed by atoms with Crippen LogP contribution in [0, 0.1) is 3.57 Å². The van der Waals surface area contributed by atoms with Crippen molar-refractivity contribution in [1.29, 1.82) is 0 Å². The minimum Gasteiger partial charge on any atom is -0.305 e. The van der Waals surface area contributed by atoms with E-state index in [0.29, 0.717) is 0 Å². The number of halogens is 3. The largest absolute Gasteiger partial charge is 0.305 e. The topological polar surface area (TPSA) is 29.9 Å². The third kappa shape index (κ3) is 4.00. The Balaban J connectivity index is 2.47. The van der Waals surface area contributed by atoms with Gasteiger partial charge in [-0.15, -0.1) is 0 Å². The van der Waals surface area contributed by atoms with Gasteiger partial charge in [0, 0.05) is 10.1 Å². The Bertz CT molecular complexity index is 615. The Labute approximate surface area is 152 Å². The molecule has 0 fully saturated rings. The molecule has 1 aromatic heterocycles. The average molecular weight is 483 g/mol. The van der Waals surface area contributed by atoms with Crippen molar-refractivity contribution in [2.75, 3.05) is 6.54 Å². The highest BCUT2D eigenvalue weighted by Crippen LogP contribution is 2.31. The molecule has 1 atom stereocenters. The maximum Gasteiger partial charge on any atom is 0.0760 e. The predicted octanol–water partition coefficient (Wildman–Crippen LogP) is 5.01. The van der Waals surface area contributed by atoms with Crippen molar-refractivity contribution < 1.29 is 0 Å². The second-order valence-corrected chi connectivity index (χ2v) is 7.19. The maximum atomic E-state index is 6.29. The van der Waals surface area contributed by atoms with Crippen molar-refractivity contribution in [3.63, 3.8) is 0 Å². The van der Waals surface area contributed by atoms with Gasteiger partial charge >= 0.3 is 0 Å². The van der Waals surface area contributed by atoms with Gasteiger partial charge in [-0.05, 0) is 69.2 Å². The lowest BCUT2D eigenvalue weighted by Crippen LogP contribution is -2.25. The van der Waals surface area contributed by atoms with E-state index in [1.165, 1.54) is 0 Å². The van der Waals surface area contributed by atoms with Gasteiger partial charge in [-0.2, -0.15) is 5.10 Å². The molecular weight excluding hydrogens is 464 g/mol. The summed E-state index contributed by atoms with van der Waals surface area (Å²) in [4.78, 5) is 0. The summed E-state index contributed by atoms with van der Waals surface area (Å²) in [5.41, 5.74) is 2.30. The third-order valence-corrected chi connectivity index (χ3v) is 5.41. The molecule has 0 aliphatic heterocycles. The average Bonchev–Trinajstić information content (AvgIpc) is 2.81. The van der Waals surface area contributed by atoms with Gasteiger partial charge in [0.25, 0.3) is 0 Å². The zero-order valence-corrected chi connectivity index (χ0v) is 16.5. The number of rotatable bonds is 6. The molecule has 0 aliphatic carbocycles. The molecule has 0 saturated carbocycles. The van der Waals surface area contributed by atoms with Crippen molar-refractivity contribution in [2.24, 2.45) is 0 Å². The van der Waals surface area contributed by atoms with E-state index in [4.69, 9.17) is 11.6 Å². The molecule has 1 aromatic carbocycles. The van der Waals surface area contributed by atoms with Crippen LogP contribution in [-0.2, 0) is 6.54 Å². The summed E-state index contributed by atoms with van der Waals surface area (Å²) in [5, 5.41) is 8.79. The van der Waals surface area contributed by atoms with Crippen LogP contribution < -0.4 is 5.32 Å². The summed E-state index contributed by atoms with van der Waals surface area (Å²) in [6, 6.07) is 6.29. The fourth-order valence-corrected chi connectivity index (χ4v) is 3.37. The third-order valence-electron chi connectivity index (χ3n) is 3.23. The maximum absolute atomic E-state index is 6.29. The Morgan fingerprint density at radius 3 is 2.81 bits per heavy atom. The quantitative estimate of drug-likeness (QED) is 0.587. The first-order valence-electron chi connectivity index (χ1n) is 6.98. The van der Waals surface area contributed by atoms with Crippen molar-refractivity contribution in [2.45, 2.75) is 32.9 Å². The number of aromatic nitrogens is 2. The molecule has 3 nitrogen and oxygen atoms in total. The highest BCUT2D eigenvalue weighted by Gasteiger charge is 2.21. The van der Waals surface area contributed by atoms with Crippen LogP contribution in [0.2, 0.25) is 5.02 Å². The van der Waals surface area contributed by atoms with Crippen molar-refractivity contribution in [1.82, 2.24) is 15.1 Å². The van der Waals surface area contributed by atoms with Crippen LogP contribution in [0.25, 0.3) is 0 Å². The Morgan fingerprint density at radius 2 is 2.19 bits per heavy atom. The van der Waals surface area contributed by atoms with Gasteiger partial charge in [0.2, 0.25) is 0 Å². The molecule has 114 valence electrons. The first-order chi connectivity index (χ1) is 10.1. The molecule has 0 aliphatic rings. The summed E-state index contributed by atoms with van der Waals surface area (Å²) in [6.45, 7) is 6.04. The number of benzene rings is 1. The van der Waals surface area contributed by atoms with Crippen LogP contribution in [-0.4, -0.2) is 16.3 Å². The van der Waals surface area contributed by atoms with Crippen LogP contribution >= 0.6 is 50.1 Å². The number of nitrogens with zero attached hydrogens (tertiary/aromatic N) is 2. The number of aryl methyl sites for hydroxylation is 1. The lowest BCUT2D eigenvalue weighted by molar-refractivity contribution is 0.519. The Kier molecular flexibility index (Phi) is 6.52. The summed E-state index contributed by atoms with van der Waals surface area (Å²) in [6.07, 6.45) is 2.91. The summed E-state index contributed by atoms with van der Waals surface area (Å²) < 4.78 is 4.15. The molecular formula is C15H18BrClIN3. The molecule has 0 spiro atoms. The van der Waals surface area contributed by atoms with E-state index in [2.05, 4.69) is 79.6 Å². The number of hydrogen-bond donors (Lipinski definition) is 1. The summed E-state index contributed by atoms with van der Waals surface area (Å²) in [7, 11) is 0. The smallest absolute Gasteiger partial charge is 0.0760 e. The molecule has 1 heterocycles. The molecule has 2 aromatic rings. The number of nitrogens with one attached hydrogen (secondary N) is 1. The van der Waals surface area contributed by atoms with Crippen LogP contribution in [0.3, 0.4) is 0 Å². The fraction of sp³-hybridized carbons (Fsp3) is 0.400. The van der Waals surface area contributed by atoms with Crippen molar-refractivity contribution >= 4 is 50.1 Å². The number of hydrogen-bond acceptors (Lipinski definition) is 2. The second-order valence-electron chi connectivity index (χ2n) is 4.77. The van der Waals surface area contributed by atoms with E-state index in [-0.39, 0.29) is 6.04 Å². The summed E-state index contributed by atoms with van der Waals surface area (Å²) in [5.74, 6) is 0. The van der Waals surface area contributed by atoms with Crippen LogP contribution in [0.4, 0.5) is 0 Å². The van der Waals surface area contributed by atoms with Gasteiger partial charge in [0.1, 0.15) is 0 Å². The lowest BCUT2D eigenvalue weighted by atomic mass is 10.0. The van der Waals surface area contributed by atoms with Crippen molar-refractivity contribution in [3.05, 3.63) is 48.7 Å². The molecule has 0 saturated heterocycles. The molecule has 2 rings (SSSR count). The van der Waals surface area contributed by atoms with Gasteiger partial charge in [0.05, 0.1) is 27.4 Å². The van der Waals surface area contributed by atoms with Gasteiger partial charge in [-0.25, -0.2) is 0 Å². The molecule has 21 heavy (non-hydrogen) atoms. The van der Waals surface area contributed by atoms with E-state index in [0.717, 1.165) is 43.8 Å². The zero-order chi connectivity index (χ0) is 15.4. The SMILES string of the molecule is CCCn1ncc(Br)c1C(NCC)c1ccc(I)c(Cl)c1. The Hall–Kier alpha value is -0.110. The van der Waals surface area contributed by atoms with E-state index in [1.807, 2.05) is 12.3 Å². The summed E-state index contributed by atoms with van der Waals surface area (Å²) >= 11 is 12.2. The minimum atomic E-state index is 0.0768. The van der Waals surface area contributed by atoms with E-state index in [9.17, 15) is 0 Å². The first kappa shape index (κ1) is 17.2. The molecule has 1 unspecified atom stereocenters. The zero-order valence-electron chi connectivity index (χ0n) is 12.0. The minimum absolute atomic E-state index is 0.0768. The van der Waals surface area contributed by atoms with Crippen LogP contribution in [0.5, 0.6) is 0 Å². The van der Waals surface area contributed by atoms with Gasteiger partial charge in [-0.3, -0.25) is 4.68 Å². The highest BCUT2D eigenvalue weighted by atomic mass is 127.